The first-order chi connectivity index (χ1) is 18.3. The third-order valence-electron chi connectivity index (χ3n) is 5.38. The molecule has 3 rings (SSSR count). The molecule has 0 bridgehead atoms. The van der Waals surface area contributed by atoms with Crippen molar-refractivity contribution in [3.63, 3.8) is 0 Å². The van der Waals surface area contributed by atoms with E-state index in [1.807, 2.05) is 0 Å². The summed E-state index contributed by atoms with van der Waals surface area (Å²) in [6, 6.07) is 11.1. The topological polar surface area (TPSA) is 177 Å². The highest BCUT2D eigenvalue weighted by Crippen LogP contribution is 2.40. The van der Waals surface area contributed by atoms with Gasteiger partial charge in [-0.1, -0.05) is 12.1 Å². The number of hydrogen-bond donors (Lipinski definition) is 4. The number of aryl methyl sites for hydroxylation is 1. The second kappa shape index (κ2) is 12.7. The summed E-state index contributed by atoms with van der Waals surface area (Å²) in [5, 5.41) is 10.5. The first-order valence-corrected chi connectivity index (χ1v) is 17.4. The Balaban J connectivity index is 2.00. The molecule has 0 unspecified atom stereocenters. The van der Waals surface area contributed by atoms with Crippen LogP contribution in [-0.4, -0.2) is 63.8 Å². The lowest BCUT2D eigenvalue weighted by molar-refractivity contribution is -0.113. The van der Waals surface area contributed by atoms with Crippen molar-refractivity contribution in [1.82, 2.24) is 0 Å². The molecule has 2 aromatic carbocycles. The number of hydrogen-bond acceptors (Lipinski definition) is 10. The van der Waals surface area contributed by atoms with Gasteiger partial charge in [0.05, 0.1) is 43.2 Å². The number of carbonyl (C=O) groups is 1. The van der Waals surface area contributed by atoms with Gasteiger partial charge in [-0.05, 0) is 48.6 Å². The lowest BCUT2D eigenvalue weighted by Gasteiger charge is -2.17. The highest BCUT2D eigenvalue weighted by molar-refractivity contribution is 8.01. The van der Waals surface area contributed by atoms with Crippen LogP contribution in [0.25, 0.3) is 11.1 Å². The number of benzene rings is 2. The second-order valence-corrected chi connectivity index (χ2v) is 14.9. The number of anilines is 1. The lowest BCUT2D eigenvalue weighted by Crippen LogP contribution is -2.16. The molecule has 0 aliphatic carbocycles. The van der Waals surface area contributed by atoms with Crippen LogP contribution in [0.2, 0.25) is 0 Å². The van der Waals surface area contributed by atoms with E-state index in [1.54, 1.807) is 37.4 Å². The maximum absolute atomic E-state index is 13.6. The van der Waals surface area contributed by atoms with Crippen molar-refractivity contribution in [2.45, 2.75) is 20.9 Å². The molecule has 0 atom stereocenters. The molecular weight excluding hydrogens is 603 g/mol. The smallest absolute Gasteiger partial charge is 0.265 e. The number of amidine groups is 1. The molecule has 0 aliphatic rings. The number of carbonyl (C=O) groups excluding carboxylic acids is 1. The number of thioether (sulfide) groups is 2. The summed E-state index contributed by atoms with van der Waals surface area (Å²) in [6.07, 6.45) is 1.75. The van der Waals surface area contributed by atoms with E-state index in [-0.39, 0.29) is 27.1 Å². The van der Waals surface area contributed by atoms with Gasteiger partial charge >= 0.3 is 0 Å². The largest absolute Gasteiger partial charge is 0.497 e. The van der Waals surface area contributed by atoms with Gasteiger partial charge in [0.25, 0.3) is 10.1 Å². The Morgan fingerprint density at radius 2 is 1.90 bits per heavy atom. The Morgan fingerprint density at radius 1 is 1.18 bits per heavy atom. The Kier molecular flexibility index (Phi) is 10.1. The number of nitrogen functional groups attached to an aromatic ring is 1. The summed E-state index contributed by atoms with van der Waals surface area (Å²) in [5.41, 5.74) is 7.83. The van der Waals surface area contributed by atoms with Crippen LogP contribution in [0.4, 0.5) is 5.69 Å². The van der Waals surface area contributed by atoms with E-state index in [2.05, 4.69) is 5.32 Å². The molecule has 39 heavy (non-hydrogen) atoms. The van der Waals surface area contributed by atoms with Crippen molar-refractivity contribution in [3.05, 3.63) is 52.9 Å². The Bertz CT molecular complexity index is 1620. The summed E-state index contributed by atoms with van der Waals surface area (Å²) in [4.78, 5) is 13.1. The number of methoxy groups -OCH3 is 1. The fourth-order valence-corrected chi connectivity index (χ4v) is 9.25. The summed E-state index contributed by atoms with van der Waals surface area (Å²) in [5.74, 6) is -0.625. The van der Waals surface area contributed by atoms with Gasteiger partial charge in [-0.25, -0.2) is 8.42 Å². The Labute approximate surface area is 239 Å². The van der Waals surface area contributed by atoms with Crippen molar-refractivity contribution >= 4 is 72.2 Å². The molecule has 1 aromatic heterocycles. The predicted molar refractivity (Wildman–Crippen MR) is 158 cm³/mol. The molecule has 1 heterocycles. The zero-order valence-corrected chi connectivity index (χ0v) is 25.3. The van der Waals surface area contributed by atoms with Crippen LogP contribution in [-0.2, 0) is 24.7 Å². The average molecular weight is 630 g/mol. The first kappa shape index (κ1) is 31.0. The molecule has 3 aromatic rings. The van der Waals surface area contributed by atoms with E-state index in [4.69, 9.17) is 20.4 Å². The quantitative estimate of drug-likeness (QED) is 0.0749. The average Bonchev–Trinajstić information content (AvgIpc) is 3.32. The van der Waals surface area contributed by atoms with Crippen LogP contribution in [0.1, 0.15) is 10.4 Å². The second-order valence-electron chi connectivity index (χ2n) is 8.17. The fourth-order valence-electron chi connectivity index (χ4n) is 3.63. The van der Waals surface area contributed by atoms with Gasteiger partial charge in [-0.2, -0.15) is 20.2 Å². The third-order valence-corrected chi connectivity index (χ3v) is 11.7. The number of thiophene rings is 1. The number of amides is 1. The van der Waals surface area contributed by atoms with Gasteiger partial charge < -0.3 is 15.8 Å². The monoisotopic (exact) mass is 629 g/mol. The molecule has 5 N–H and O–H groups in total. The first-order valence-electron chi connectivity index (χ1n) is 11.2. The summed E-state index contributed by atoms with van der Waals surface area (Å²) >= 11 is 3.44. The van der Waals surface area contributed by atoms with E-state index in [9.17, 15) is 21.6 Å². The molecule has 0 fully saturated rings. The SMILES string of the molecule is COc1cc(C)c(-c2cccc(S(=O)(=O)c3cc(C(=N)N)sc3SC)c2)c(NC(=O)CSCCS(=O)(=O)O)c1. The van der Waals surface area contributed by atoms with Crippen molar-refractivity contribution < 1.29 is 30.9 Å². The van der Waals surface area contributed by atoms with Gasteiger partial charge in [0.15, 0.2) is 0 Å². The standard InChI is InChI=1S/C24H27N3O7S5/c1-14-9-16(34-2)11-18(27-21(28)13-36-7-8-38(29,30)31)22(14)15-5-4-6-17(10-15)39(32,33)20-12-19(23(25)26)37-24(20)35-3/h4-6,9-12H,7-8,13H2,1-3H3,(H3,25,26)(H,27,28)(H,29,30,31). The van der Waals surface area contributed by atoms with Crippen molar-refractivity contribution in [1.29, 1.82) is 5.41 Å². The minimum atomic E-state index is -4.12. The van der Waals surface area contributed by atoms with Crippen molar-refractivity contribution in [3.8, 4) is 16.9 Å². The zero-order chi connectivity index (χ0) is 29.0. The molecule has 0 saturated carbocycles. The summed E-state index contributed by atoms with van der Waals surface area (Å²) in [7, 11) is -6.59. The van der Waals surface area contributed by atoms with Crippen LogP contribution in [0.3, 0.4) is 0 Å². The summed E-state index contributed by atoms with van der Waals surface area (Å²) < 4.78 is 63.8. The van der Waals surface area contributed by atoms with E-state index < -0.39 is 31.6 Å². The normalized spacial score (nSPS) is 11.8. The van der Waals surface area contributed by atoms with Crippen molar-refractivity contribution in [2.24, 2.45) is 5.73 Å². The molecule has 1 amide bonds. The number of rotatable bonds is 12. The Morgan fingerprint density at radius 3 is 2.51 bits per heavy atom. The van der Waals surface area contributed by atoms with Crippen LogP contribution >= 0.6 is 34.9 Å². The van der Waals surface area contributed by atoms with Crippen LogP contribution in [0, 0.1) is 12.3 Å². The van der Waals surface area contributed by atoms with E-state index in [0.29, 0.717) is 31.7 Å². The Hall–Kier alpha value is -2.56. The van der Waals surface area contributed by atoms with Crippen molar-refractivity contribution in [2.75, 3.05) is 35.9 Å². The van der Waals surface area contributed by atoms with Crippen LogP contribution in [0.5, 0.6) is 5.75 Å². The molecule has 15 heteroatoms. The number of nitrogens with one attached hydrogen (secondary N) is 2. The maximum Gasteiger partial charge on any atom is 0.265 e. The number of sulfone groups is 1. The van der Waals surface area contributed by atoms with Gasteiger partial charge in [-0.3, -0.25) is 14.8 Å². The van der Waals surface area contributed by atoms with Crippen LogP contribution < -0.4 is 15.8 Å². The van der Waals surface area contributed by atoms with Gasteiger partial charge in [0.2, 0.25) is 15.7 Å². The minimum Gasteiger partial charge on any atom is -0.497 e. The molecule has 0 radical (unpaired) electrons. The number of nitrogens with two attached hydrogens (primary N) is 1. The molecule has 0 spiro atoms. The maximum atomic E-state index is 13.6. The molecule has 0 aliphatic heterocycles. The van der Waals surface area contributed by atoms with Gasteiger partial charge in [0, 0.05) is 17.4 Å². The lowest BCUT2D eigenvalue weighted by atomic mass is 9.98. The highest BCUT2D eigenvalue weighted by atomic mass is 32.2. The van der Waals surface area contributed by atoms with E-state index in [1.165, 1.54) is 37.1 Å². The molecular formula is C24H27N3O7S5. The third kappa shape index (κ3) is 7.77. The van der Waals surface area contributed by atoms with Gasteiger partial charge in [-0.15, -0.1) is 23.1 Å². The minimum absolute atomic E-state index is 0.0384. The van der Waals surface area contributed by atoms with Gasteiger partial charge in [0.1, 0.15) is 11.6 Å². The van der Waals surface area contributed by atoms with E-state index in [0.717, 1.165) is 28.7 Å². The number of ether oxygens (including phenoxy) is 1. The summed E-state index contributed by atoms with van der Waals surface area (Å²) in [6.45, 7) is 1.80. The highest BCUT2D eigenvalue weighted by Gasteiger charge is 2.26. The fraction of sp³-hybridized carbons (Fsp3) is 0.250. The van der Waals surface area contributed by atoms with Crippen LogP contribution in [0.15, 0.2) is 56.5 Å². The zero-order valence-electron chi connectivity index (χ0n) is 21.2. The van der Waals surface area contributed by atoms with E-state index >= 15 is 0 Å². The predicted octanol–water partition coefficient (Wildman–Crippen LogP) is 4.13. The molecule has 10 nitrogen and oxygen atoms in total. The molecule has 0 saturated heterocycles. The molecule has 210 valence electrons.